The highest BCUT2D eigenvalue weighted by Gasteiger charge is 2.26. The van der Waals surface area contributed by atoms with Gasteiger partial charge in [-0.1, -0.05) is 446 Å². The zero-order chi connectivity index (χ0) is 72.2. The van der Waals surface area contributed by atoms with Gasteiger partial charge in [0.05, 0.1) is 13.2 Å². The lowest BCUT2D eigenvalue weighted by atomic mass is 10.0. The van der Waals surface area contributed by atoms with E-state index in [2.05, 4.69) is 98.9 Å². The normalized spacial score (nSPS) is 13.2. The van der Waals surface area contributed by atoms with Gasteiger partial charge in [0.1, 0.15) is 6.61 Å². The molecule has 0 aliphatic rings. The summed E-state index contributed by atoms with van der Waals surface area (Å²) in [4.78, 5) is 35.5. The van der Waals surface area contributed by atoms with Gasteiger partial charge in [-0.3, -0.25) is 18.6 Å². The van der Waals surface area contributed by atoms with E-state index >= 15 is 0 Å². The van der Waals surface area contributed by atoms with Crippen LogP contribution in [0, 0.1) is 0 Å². The number of carbonyl (C=O) groups is 2. The molecule has 10 heteroatoms. The van der Waals surface area contributed by atoms with Crippen LogP contribution in [0.4, 0.5) is 0 Å². The number of nitrogens with two attached hydrogens (primary N) is 1. The van der Waals surface area contributed by atoms with Crippen LogP contribution in [0.5, 0.6) is 0 Å². The number of hydrogen-bond donors (Lipinski definition) is 2. The van der Waals surface area contributed by atoms with Crippen molar-refractivity contribution in [2.45, 2.75) is 450 Å². The molecule has 584 valence electrons. The molecule has 0 aromatic heterocycles. The van der Waals surface area contributed by atoms with Gasteiger partial charge in [0.25, 0.3) is 0 Å². The second-order valence-electron chi connectivity index (χ2n) is 29.4. The van der Waals surface area contributed by atoms with Crippen LogP contribution in [0.3, 0.4) is 0 Å². The second kappa shape index (κ2) is 85.1. The Morgan fingerprint density at radius 3 is 0.820 bits per heavy atom. The zero-order valence-corrected chi connectivity index (χ0v) is 67.1. The van der Waals surface area contributed by atoms with Gasteiger partial charge >= 0.3 is 19.8 Å². The van der Waals surface area contributed by atoms with E-state index in [-0.39, 0.29) is 38.6 Å². The average molecular weight is 1420 g/mol. The van der Waals surface area contributed by atoms with E-state index < -0.39 is 26.5 Å². The van der Waals surface area contributed by atoms with Gasteiger partial charge in [-0.05, 0) is 70.6 Å². The van der Waals surface area contributed by atoms with Crippen molar-refractivity contribution >= 4 is 19.8 Å². The van der Waals surface area contributed by atoms with Crippen molar-refractivity contribution in [3.63, 3.8) is 0 Å². The Kier molecular flexibility index (Phi) is 82.7. The molecule has 2 atom stereocenters. The van der Waals surface area contributed by atoms with E-state index in [0.29, 0.717) is 6.42 Å². The topological polar surface area (TPSA) is 134 Å². The fourth-order valence-corrected chi connectivity index (χ4v) is 13.9. The van der Waals surface area contributed by atoms with Gasteiger partial charge in [-0.25, -0.2) is 4.57 Å². The van der Waals surface area contributed by atoms with Gasteiger partial charge in [0, 0.05) is 19.4 Å². The van der Waals surface area contributed by atoms with Crippen LogP contribution in [-0.4, -0.2) is 49.3 Å². The van der Waals surface area contributed by atoms with Crippen molar-refractivity contribution in [1.29, 1.82) is 0 Å². The van der Waals surface area contributed by atoms with Crippen molar-refractivity contribution in [3.8, 4) is 0 Å². The minimum atomic E-state index is -4.40. The molecule has 0 aromatic rings. The standard InChI is InChI=1S/C90H166NO8P/c1-3-5-7-9-11-13-15-17-19-21-23-25-27-29-31-33-35-37-39-41-43-44-45-47-49-51-53-55-57-59-61-63-65-67-69-71-73-75-77-79-81-83-90(93)99-88(87-98-100(94,95)97-85-84-91)86-96-89(92)82-80-78-76-74-72-70-68-66-64-62-60-58-56-54-52-50-48-46-42-40-38-36-34-32-30-28-26-24-22-20-18-16-14-12-10-8-6-4-2/h5,7,11,13,17,19,23,25,29,31,35,37,41,43,88H,3-4,6,8-10,12,14-16,18,20-22,24,26-28,30,32-34,36,38-40,42,44-87,91H2,1-2H3,(H,94,95)/b7-5-,13-11-,19-17-,25-23-,31-29-,37-35-,43-41-. The molecule has 0 heterocycles. The molecule has 0 spiro atoms. The van der Waals surface area contributed by atoms with Crippen molar-refractivity contribution in [2.75, 3.05) is 26.4 Å². The van der Waals surface area contributed by atoms with Crippen molar-refractivity contribution in [1.82, 2.24) is 0 Å². The molecule has 0 amide bonds. The number of phosphoric acid groups is 1. The maximum atomic E-state index is 12.8. The van der Waals surface area contributed by atoms with E-state index in [9.17, 15) is 19.0 Å². The fraction of sp³-hybridized carbons (Fsp3) is 0.822. The Bertz CT molecular complexity index is 1920. The highest BCUT2D eigenvalue weighted by atomic mass is 31.2. The summed E-state index contributed by atoms with van der Waals surface area (Å²) in [7, 11) is -4.40. The minimum absolute atomic E-state index is 0.0545. The second-order valence-corrected chi connectivity index (χ2v) is 30.8. The molecule has 100 heavy (non-hydrogen) atoms. The molecular formula is C90H166NO8P. The summed E-state index contributed by atoms with van der Waals surface area (Å²) in [5.74, 6) is -0.804. The summed E-state index contributed by atoms with van der Waals surface area (Å²) in [6.07, 6.45) is 116. The molecule has 0 aliphatic carbocycles. The van der Waals surface area contributed by atoms with Gasteiger partial charge in [0.2, 0.25) is 0 Å². The Morgan fingerprint density at radius 1 is 0.310 bits per heavy atom. The van der Waals surface area contributed by atoms with Crippen LogP contribution < -0.4 is 5.73 Å². The van der Waals surface area contributed by atoms with E-state index in [1.54, 1.807) is 0 Å². The molecule has 0 rings (SSSR count). The SMILES string of the molecule is CC/C=C\C/C=C\C/C=C\C/C=C\C/C=C\C/C=C\C/C=C\CCCCCCCCCCCCCCCCCCCCCC(=O)OC(COC(=O)CCCCCCCCCCCCCCCCCCCCCCCCCCCCCCCCCCCCCCCC)COP(=O)(O)OCCN. The first-order valence-electron chi connectivity index (χ1n) is 43.6. The first kappa shape index (κ1) is 97.2. The number of esters is 2. The van der Waals surface area contributed by atoms with E-state index in [1.807, 2.05) is 0 Å². The number of allylic oxidation sites excluding steroid dienone is 14. The number of hydrogen-bond acceptors (Lipinski definition) is 8. The summed E-state index contributed by atoms with van der Waals surface area (Å²) in [6.45, 7) is 3.71. The Hall–Kier alpha value is -2.81. The third-order valence-corrected chi connectivity index (χ3v) is 20.5. The first-order chi connectivity index (χ1) is 49.3. The predicted molar refractivity (Wildman–Crippen MR) is 436 cm³/mol. The molecular weight excluding hydrogens is 1250 g/mol. The highest BCUT2D eigenvalue weighted by molar-refractivity contribution is 7.47. The molecule has 0 bridgehead atoms. The predicted octanol–water partition coefficient (Wildman–Crippen LogP) is 29.6. The maximum absolute atomic E-state index is 12.8. The summed E-state index contributed by atoms with van der Waals surface area (Å²) in [6, 6.07) is 0. The third kappa shape index (κ3) is 84.1. The summed E-state index contributed by atoms with van der Waals surface area (Å²) in [5, 5.41) is 0. The largest absolute Gasteiger partial charge is 0.472 e. The van der Waals surface area contributed by atoms with E-state index in [1.165, 1.54) is 334 Å². The lowest BCUT2D eigenvalue weighted by molar-refractivity contribution is -0.161. The fourth-order valence-electron chi connectivity index (χ4n) is 13.2. The molecule has 0 aromatic carbocycles. The zero-order valence-electron chi connectivity index (χ0n) is 66.2. The van der Waals surface area contributed by atoms with Gasteiger partial charge in [0.15, 0.2) is 6.10 Å². The molecule has 9 nitrogen and oxygen atoms in total. The van der Waals surface area contributed by atoms with Crippen molar-refractivity contribution < 1.29 is 37.6 Å². The third-order valence-electron chi connectivity index (χ3n) is 19.5. The quantitative estimate of drug-likeness (QED) is 0.0264. The van der Waals surface area contributed by atoms with Crippen molar-refractivity contribution in [3.05, 3.63) is 85.1 Å². The van der Waals surface area contributed by atoms with Gasteiger partial charge < -0.3 is 20.1 Å². The van der Waals surface area contributed by atoms with Gasteiger partial charge in [-0.2, -0.15) is 0 Å². The lowest BCUT2D eigenvalue weighted by Crippen LogP contribution is -2.29. The molecule has 0 aliphatic heterocycles. The number of unbranched alkanes of at least 4 members (excludes halogenated alkanes) is 56. The first-order valence-corrected chi connectivity index (χ1v) is 45.1. The number of carbonyl (C=O) groups excluding carboxylic acids is 2. The minimum Gasteiger partial charge on any atom is -0.462 e. The van der Waals surface area contributed by atoms with Crippen LogP contribution in [-0.2, 0) is 32.7 Å². The van der Waals surface area contributed by atoms with Crippen LogP contribution >= 0.6 is 7.82 Å². The Labute approximate surface area is 621 Å². The van der Waals surface area contributed by atoms with Gasteiger partial charge in [-0.15, -0.1) is 0 Å². The summed E-state index contributed by atoms with van der Waals surface area (Å²) >= 11 is 0. The number of rotatable bonds is 83. The smallest absolute Gasteiger partial charge is 0.462 e. The maximum Gasteiger partial charge on any atom is 0.472 e. The van der Waals surface area contributed by atoms with Crippen LogP contribution in [0.25, 0.3) is 0 Å². The molecule has 0 radical (unpaired) electrons. The summed E-state index contributed by atoms with van der Waals surface area (Å²) < 4.78 is 33.3. The molecule has 3 N–H and O–H groups in total. The Morgan fingerprint density at radius 2 is 0.550 bits per heavy atom. The average Bonchev–Trinajstić information content (AvgIpc) is 0.983. The molecule has 0 saturated heterocycles. The van der Waals surface area contributed by atoms with E-state index in [4.69, 9.17) is 24.3 Å². The van der Waals surface area contributed by atoms with E-state index in [0.717, 1.165) is 77.0 Å². The van der Waals surface area contributed by atoms with Crippen LogP contribution in [0.1, 0.15) is 444 Å². The van der Waals surface area contributed by atoms with Crippen LogP contribution in [0.2, 0.25) is 0 Å². The molecule has 2 unspecified atom stereocenters. The summed E-state index contributed by atoms with van der Waals surface area (Å²) in [5.41, 5.74) is 5.42. The lowest BCUT2D eigenvalue weighted by Gasteiger charge is -2.19. The highest BCUT2D eigenvalue weighted by Crippen LogP contribution is 2.43. The Balaban J connectivity index is 3.74. The monoisotopic (exact) mass is 1420 g/mol. The number of phosphoric ester groups is 1. The molecule has 0 saturated carbocycles. The number of ether oxygens (including phenoxy) is 2. The van der Waals surface area contributed by atoms with Crippen molar-refractivity contribution in [2.24, 2.45) is 5.73 Å². The van der Waals surface area contributed by atoms with Crippen LogP contribution in [0.15, 0.2) is 85.1 Å². The molecule has 0 fully saturated rings.